The second-order valence-electron chi connectivity index (χ2n) is 7.55. The first-order valence-corrected chi connectivity index (χ1v) is 10.3. The molecule has 1 N–H and O–H groups in total. The van der Waals surface area contributed by atoms with Gasteiger partial charge in [-0.25, -0.2) is 0 Å². The summed E-state index contributed by atoms with van der Waals surface area (Å²) >= 11 is 0. The Labute approximate surface area is 176 Å². The van der Waals surface area contributed by atoms with Crippen LogP contribution >= 0.6 is 0 Å². The van der Waals surface area contributed by atoms with E-state index in [4.69, 9.17) is 4.74 Å². The van der Waals surface area contributed by atoms with E-state index >= 15 is 0 Å². The minimum Gasteiger partial charge on any atom is -0.496 e. The second kappa shape index (κ2) is 8.95. The van der Waals surface area contributed by atoms with Gasteiger partial charge < -0.3 is 14.6 Å². The predicted octanol–water partition coefficient (Wildman–Crippen LogP) is 4.64. The Hall–Kier alpha value is -3.41. The highest BCUT2D eigenvalue weighted by Gasteiger charge is 2.16. The van der Waals surface area contributed by atoms with E-state index < -0.39 is 0 Å². The number of hydrogen-bond acceptors (Lipinski definition) is 4. The average molecular weight is 402 g/mol. The molecule has 0 radical (unpaired) electrons. The minimum absolute atomic E-state index is 0.198. The van der Waals surface area contributed by atoms with Gasteiger partial charge >= 0.3 is 0 Å². The van der Waals surface area contributed by atoms with Crippen molar-refractivity contribution in [3.8, 4) is 17.1 Å². The Bertz CT molecular complexity index is 1080. The highest BCUT2D eigenvalue weighted by atomic mass is 16.5. The molecule has 1 amide bonds. The quantitative estimate of drug-likeness (QED) is 0.631. The lowest BCUT2D eigenvalue weighted by molar-refractivity contribution is -0.111. The van der Waals surface area contributed by atoms with Crippen molar-refractivity contribution in [2.45, 2.75) is 39.2 Å². The molecule has 1 aliphatic heterocycles. The minimum atomic E-state index is -0.198. The van der Waals surface area contributed by atoms with Gasteiger partial charge in [-0.1, -0.05) is 30.2 Å². The van der Waals surface area contributed by atoms with Gasteiger partial charge in [-0.15, -0.1) is 10.2 Å². The van der Waals surface area contributed by atoms with E-state index in [2.05, 4.69) is 20.1 Å². The van der Waals surface area contributed by atoms with E-state index in [0.29, 0.717) is 0 Å². The average Bonchev–Trinajstić information content (AvgIpc) is 3.01. The summed E-state index contributed by atoms with van der Waals surface area (Å²) < 4.78 is 7.57. The summed E-state index contributed by atoms with van der Waals surface area (Å²) in [5.74, 6) is 2.45. The lowest BCUT2D eigenvalue weighted by Gasteiger charge is -2.09. The summed E-state index contributed by atoms with van der Waals surface area (Å²) in [5, 5.41) is 11.7. The van der Waals surface area contributed by atoms with Crippen LogP contribution in [0.3, 0.4) is 0 Å². The molecule has 0 spiro atoms. The standard InChI is InChI=1S/C24H26N4O2/c1-17-10-12-21(30-2)18(15-17)11-13-23(29)25-20-8-6-7-19(16-20)24-27-26-22-9-4-3-5-14-28(22)24/h6-8,10-13,15-16H,3-5,9,14H2,1-2H3,(H,25,29)/b13-11+. The highest BCUT2D eigenvalue weighted by Crippen LogP contribution is 2.25. The maximum atomic E-state index is 12.5. The maximum Gasteiger partial charge on any atom is 0.248 e. The van der Waals surface area contributed by atoms with Gasteiger partial charge in [0.1, 0.15) is 11.6 Å². The van der Waals surface area contributed by atoms with Crippen LogP contribution in [-0.2, 0) is 17.8 Å². The molecule has 0 saturated carbocycles. The van der Waals surface area contributed by atoms with E-state index in [1.54, 1.807) is 13.2 Å². The van der Waals surface area contributed by atoms with Crippen molar-refractivity contribution in [2.24, 2.45) is 0 Å². The van der Waals surface area contributed by atoms with Crippen LogP contribution in [0.4, 0.5) is 5.69 Å². The van der Waals surface area contributed by atoms with Gasteiger partial charge in [-0.3, -0.25) is 4.79 Å². The third-order valence-electron chi connectivity index (χ3n) is 5.30. The first-order chi connectivity index (χ1) is 14.6. The monoisotopic (exact) mass is 402 g/mol. The molecule has 2 heterocycles. The smallest absolute Gasteiger partial charge is 0.248 e. The Balaban J connectivity index is 1.51. The molecule has 3 aromatic rings. The van der Waals surface area contributed by atoms with Gasteiger partial charge in [0.05, 0.1) is 7.11 Å². The molecule has 0 aliphatic carbocycles. The molecule has 30 heavy (non-hydrogen) atoms. The molecule has 1 aromatic heterocycles. The number of benzene rings is 2. The molecule has 6 heteroatoms. The van der Waals surface area contributed by atoms with Crippen molar-refractivity contribution in [2.75, 3.05) is 12.4 Å². The highest BCUT2D eigenvalue weighted by molar-refractivity contribution is 6.02. The molecule has 0 fully saturated rings. The topological polar surface area (TPSA) is 69.0 Å². The van der Waals surface area contributed by atoms with Gasteiger partial charge in [0, 0.05) is 35.9 Å². The Kier molecular flexibility index (Phi) is 5.93. The van der Waals surface area contributed by atoms with Gasteiger partial charge in [-0.2, -0.15) is 0 Å². The van der Waals surface area contributed by atoms with E-state index in [-0.39, 0.29) is 5.91 Å². The summed E-state index contributed by atoms with van der Waals surface area (Å²) in [7, 11) is 1.62. The Morgan fingerprint density at radius 2 is 2.03 bits per heavy atom. The molecule has 154 valence electrons. The van der Waals surface area contributed by atoms with E-state index in [1.807, 2.05) is 49.4 Å². The third kappa shape index (κ3) is 4.43. The van der Waals surface area contributed by atoms with Crippen LogP contribution in [0.1, 0.15) is 36.2 Å². The molecule has 1 aliphatic rings. The number of anilines is 1. The van der Waals surface area contributed by atoms with Gasteiger partial charge in [0.25, 0.3) is 0 Å². The fourth-order valence-corrected chi connectivity index (χ4v) is 3.77. The molecule has 0 bridgehead atoms. The molecule has 4 rings (SSSR count). The summed E-state index contributed by atoms with van der Waals surface area (Å²) in [5.41, 5.74) is 3.66. The number of aromatic nitrogens is 3. The van der Waals surface area contributed by atoms with E-state index in [1.165, 1.54) is 12.5 Å². The zero-order valence-electron chi connectivity index (χ0n) is 17.4. The predicted molar refractivity (Wildman–Crippen MR) is 118 cm³/mol. The molecule has 0 saturated heterocycles. The molecule has 0 unspecified atom stereocenters. The number of nitrogens with zero attached hydrogens (tertiary/aromatic N) is 3. The first kappa shape index (κ1) is 19.9. The van der Waals surface area contributed by atoms with Crippen LogP contribution in [0.2, 0.25) is 0 Å². The lowest BCUT2D eigenvalue weighted by Crippen LogP contribution is -2.08. The van der Waals surface area contributed by atoms with Crippen LogP contribution in [0.25, 0.3) is 17.5 Å². The normalized spacial score (nSPS) is 13.7. The third-order valence-corrected chi connectivity index (χ3v) is 5.30. The van der Waals surface area contributed by atoms with Crippen molar-refractivity contribution < 1.29 is 9.53 Å². The number of carbonyl (C=O) groups is 1. The van der Waals surface area contributed by atoms with Crippen LogP contribution in [0, 0.1) is 6.92 Å². The Morgan fingerprint density at radius 3 is 2.90 bits per heavy atom. The van der Waals surface area contributed by atoms with Crippen molar-refractivity contribution in [3.05, 3.63) is 65.5 Å². The van der Waals surface area contributed by atoms with Crippen molar-refractivity contribution in [1.29, 1.82) is 0 Å². The number of amides is 1. The number of nitrogens with one attached hydrogen (secondary N) is 1. The molecule has 2 aromatic carbocycles. The van der Waals surface area contributed by atoms with Crippen LogP contribution < -0.4 is 10.1 Å². The number of aryl methyl sites for hydroxylation is 2. The summed E-state index contributed by atoms with van der Waals surface area (Å²) in [4.78, 5) is 12.5. The summed E-state index contributed by atoms with van der Waals surface area (Å²) in [6.45, 7) is 2.95. The van der Waals surface area contributed by atoms with Crippen molar-refractivity contribution in [3.63, 3.8) is 0 Å². The van der Waals surface area contributed by atoms with Gasteiger partial charge in [0.15, 0.2) is 5.82 Å². The zero-order valence-corrected chi connectivity index (χ0v) is 17.4. The summed E-state index contributed by atoms with van der Waals surface area (Å²) in [6.07, 6.45) is 7.78. The second-order valence-corrected chi connectivity index (χ2v) is 7.55. The first-order valence-electron chi connectivity index (χ1n) is 10.3. The van der Waals surface area contributed by atoms with Crippen LogP contribution in [0.15, 0.2) is 48.5 Å². The number of fused-ring (bicyclic) bond motifs is 1. The molecule has 6 nitrogen and oxygen atoms in total. The van der Waals surface area contributed by atoms with E-state index in [9.17, 15) is 4.79 Å². The fourth-order valence-electron chi connectivity index (χ4n) is 3.77. The van der Waals surface area contributed by atoms with Crippen molar-refractivity contribution >= 4 is 17.7 Å². The van der Waals surface area contributed by atoms with Crippen LogP contribution in [0.5, 0.6) is 5.75 Å². The summed E-state index contributed by atoms with van der Waals surface area (Å²) in [6, 6.07) is 13.6. The van der Waals surface area contributed by atoms with Crippen molar-refractivity contribution in [1.82, 2.24) is 14.8 Å². The van der Waals surface area contributed by atoms with Gasteiger partial charge in [0.2, 0.25) is 5.91 Å². The maximum absolute atomic E-state index is 12.5. The SMILES string of the molecule is COc1ccc(C)cc1/C=C/C(=O)Nc1cccc(-c2nnc3n2CCCCC3)c1. The van der Waals surface area contributed by atoms with Gasteiger partial charge in [-0.05, 0) is 50.1 Å². The lowest BCUT2D eigenvalue weighted by atomic mass is 10.1. The largest absolute Gasteiger partial charge is 0.496 e. The fraction of sp³-hybridized carbons (Fsp3) is 0.292. The number of ether oxygens (including phenoxy) is 1. The molecular formula is C24H26N4O2. The van der Waals surface area contributed by atoms with E-state index in [0.717, 1.165) is 65.6 Å². The molecule has 0 atom stereocenters. The number of hydrogen-bond donors (Lipinski definition) is 1. The van der Waals surface area contributed by atoms with Crippen LogP contribution in [-0.4, -0.2) is 27.8 Å². The molecular weight excluding hydrogens is 376 g/mol. The number of rotatable bonds is 5. The zero-order chi connectivity index (χ0) is 20.9. The number of methoxy groups -OCH3 is 1. The Morgan fingerprint density at radius 1 is 1.13 bits per heavy atom. The number of carbonyl (C=O) groups excluding carboxylic acids is 1.